The van der Waals surface area contributed by atoms with E-state index >= 15 is 0 Å². The van der Waals surface area contributed by atoms with Gasteiger partial charge in [-0.3, -0.25) is 4.79 Å². The Morgan fingerprint density at radius 3 is 3.12 bits per heavy atom. The van der Waals surface area contributed by atoms with Crippen LogP contribution in [-0.2, 0) is 6.54 Å². The van der Waals surface area contributed by atoms with Crippen LogP contribution in [0.4, 0.5) is 4.79 Å². The number of hydrogen-bond acceptors (Lipinski definition) is 4. The summed E-state index contributed by atoms with van der Waals surface area (Å²) in [5.74, 6) is 0.499. The number of H-pyrrole nitrogens is 1. The van der Waals surface area contributed by atoms with Gasteiger partial charge in [-0.05, 0) is 43.6 Å². The second-order valence-electron chi connectivity index (χ2n) is 6.09. The molecule has 128 valence electrons. The van der Waals surface area contributed by atoms with Gasteiger partial charge in [0.2, 0.25) is 0 Å². The minimum atomic E-state index is -0.153. The monoisotopic (exact) mass is 346 g/mol. The summed E-state index contributed by atoms with van der Waals surface area (Å²) in [7, 11) is 1.70. The number of carbonyl (C=O) groups excluding carboxylic acids is 1. The molecule has 0 unspecified atom stereocenters. The highest BCUT2D eigenvalue weighted by molar-refractivity contribution is 7.17. The molecule has 0 saturated carbocycles. The summed E-state index contributed by atoms with van der Waals surface area (Å²) in [5.41, 5.74) is 1.97. The molecule has 2 aromatic heterocycles. The summed E-state index contributed by atoms with van der Waals surface area (Å²) in [6.45, 7) is 0.915. The fraction of sp³-hybridized carbons (Fsp3) is 0.471. The molecule has 0 radical (unpaired) electrons. The van der Waals surface area contributed by atoms with E-state index in [9.17, 15) is 9.59 Å². The Bertz CT molecular complexity index is 808. The van der Waals surface area contributed by atoms with Crippen LogP contribution in [0, 0.1) is 0 Å². The number of nitrogens with one attached hydrogen (secondary N) is 2. The number of rotatable bonds is 5. The van der Waals surface area contributed by atoms with E-state index in [4.69, 9.17) is 0 Å². The first kappa shape index (κ1) is 16.7. The molecule has 0 aliphatic heterocycles. The van der Waals surface area contributed by atoms with Crippen LogP contribution in [0.25, 0.3) is 10.2 Å². The molecule has 1 aliphatic carbocycles. The summed E-state index contributed by atoms with van der Waals surface area (Å²) >= 11 is 1.37. The van der Waals surface area contributed by atoms with Crippen LogP contribution in [0.2, 0.25) is 0 Å². The zero-order valence-corrected chi connectivity index (χ0v) is 14.6. The zero-order valence-electron chi connectivity index (χ0n) is 13.8. The number of hydrogen-bond donors (Lipinski definition) is 2. The second kappa shape index (κ2) is 7.61. The molecule has 6 nitrogen and oxygen atoms in total. The van der Waals surface area contributed by atoms with Gasteiger partial charge in [0.05, 0.1) is 12.1 Å². The smallest absolute Gasteiger partial charge is 0.317 e. The highest BCUT2D eigenvalue weighted by Gasteiger charge is 2.12. The highest BCUT2D eigenvalue weighted by Crippen LogP contribution is 2.19. The lowest BCUT2D eigenvalue weighted by molar-refractivity contribution is 0.206. The first-order valence-electron chi connectivity index (χ1n) is 8.27. The Morgan fingerprint density at radius 2 is 2.33 bits per heavy atom. The van der Waals surface area contributed by atoms with Gasteiger partial charge in [0, 0.05) is 13.6 Å². The van der Waals surface area contributed by atoms with E-state index in [1.807, 2.05) is 11.4 Å². The highest BCUT2D eigenvalue weighted by atomic mass is 32.1. The lowest BCUT2D eigenvalue weighted by Crippen LogP contribution is -2.38. The average Bonchev–Trinajstić information content (AvgIpc) is 3.04. The normalized spacial score (nSPS) is 14.5. The average molecular weight is 346 g/mol. The first-order valence-corrected chi connectivity index (χ1v) is 9.15. The number of amides is 2. The molecule has 24 heavy (non-hydrogen) atoms. The molecule has 3 rings (SSSR count). The van der Waals surface area contributed by atoms with Gasteiger partial charge in [0.1, 0.15) is 10.5 Å². The van der Waals surface area contributed by atoms with Crippen molar-refractivity contribution in [1.82, 2.24) is 20.2 Å². The van der Waals surface area contributed by atoms with Crippen LogP contribution in [0.15, 0.2) is 27.9 Å². The van der Waals surface area contributed by atoms with E-state index in [1.54, 1.807) is 7.05 Å². The molecular weight excluding hydrogens is 324 g/mol. The van der Waals surface area contributed by atoms with Gasteiger partial charge >= 0.3 is 6.03 Å². The number of allylic oxidation sites excluding steroid dienone is 1. The second-order valence-corrected chi connectivity index (χ2v) is 7.01. The van der Waals surface area contributed by atoms with Crippen molar-refractivity contribution in [2.45, 2.75) is 38.6 Å². The van der Waals surface area contributed by atoms with Crippen LogP contribution < -0.4 is 10.9 Å². The number of nitrogens with zero attached hydrogens (tertiary/aromatic N) is 2. The first-order chi connectivity index (χ1) is 11.6. The van der Waals surface area contributed by atoms with Crippen molar-refractivity contribution in [2.24, 2.45) is 0 Å². The molecule has 0 atom stereocenters. The molecular formula is C17H22N4O2S. The zero-order chi connectivity index (χ0) is 16.9. The standard InChI is InChI=1S/C17H22N4O2S/c1-21(17(23)18-9-7-12-5-3-2-4-6-12)11-14-19-13-8-10-24-15(13)16(22)20-14/h5,8,10H,2-4,6-7,9,11H2,1H3,(H,18,23)(H,19,20,22). The van der Waals surface area contributed by atoms with E-state index in [0.717, 1.165) is 19.3 Å². The Hall–Kier alpha value is -2.15. The molecule has 0 spiro atoms. The third kappa shape index (κ3) is 4.03. The molecule has 0 aromatic carbocycles. The molecule has 7 heteroatoms. The van der Waals surface area contributed by atoms with Crippen molar-refractivity contribution in [3.63, 3.8) is 0 Å². The van der Waals surface area contributed by atoms with Gasteiger partial charge in [0.25, 0.3) is 5.56 Å². The fourth-order valence-corrected chi connectivity index (χ4v) is 3.62. The maximum atomic E-state index is 12.2. The summed E-state index contributed by atoms with van der Waals surface area (Å²) in [6, 6.07) is 1.66. The number of fused-ring (bicyclic) bond motifs is 1. The molecule has 0 saturated heterocycles. The van der Waals surface area contributed by atoms with Gasteiger partial charge in [0.15, 0.2) is 0 Å². The molecule has 2 amide bonds. The van der Waals surface area contributed by atoms with Crippen molar-refractivity contribution in [3.05, 3.63) is 39.3 Å². The van der Waals surface area contributed by atoms with Crippen LogP contribution in [0.3, 0.4) is 0 Å². The maximum absolute atomic E-state index is 12.2. The van der Waals surface area contributed by atoms with Crippen molar-refractivity contribution >= 4 is 27.6 Å². The third-order valence-corrected chi connectivity index (χ3v) is 5.11. The van der Waals surface area contributed by atoms with Crippen molar-refractivity contribution in [2.75, 3.05) is 13.6 Å². The predicted octanol–water partition coefficient (Wildman–Crippen LogP) is 3.02. The van der Waals surface area contributed by atoms with Gasteiger partial charge in [-0.2, -0.15) is 0 Å². The molecule has 0 fully saturated rings. The topological polar surface area (TPSA) is 78.1 Å². The fourth-order valence-electron chi connectivity index (χ4n) is 2.89. The number of aromatic amines is 1. The van der Waals surface area contributed by atoms with E-state index < -0.39 is 0 Å². The third-order valence-electron chi connectivity index (χ3n) is 4.20. The van der Waals surface area contributed by atoms with Crippen molar-refractivity contribution in [3.8, 4) is 0 Å². The molecule has 2 N–H and O–H groups in total. The van der Waals surface area contributed by atoms with E-state index in [2.05, 4.69) is 21.4 Å². The lowest BCUT2D eigenvalue weighted by atomic mass is 9.97. The molecule has 1 aliphatic rings. The summed E-state index contributed by atoms with van der Waals surface area (Å²) in [4.78, 5) is 32.8. The van der Waals surface area contributed by atoms with Gasteiger partial charge in [-0.15, -0.1) is 11.3 Å². The van der Waals surface area contributed by atoms with E-state index in [1.165, 1.54) is 34.7 Å². The number of urea groups is 1. The SMILES string of the molecule is CN(Cc1nc2ccsc2c(=O)[nH]1)C(=O)NCCC1=CCCCC1. The van der Waals surface area contributed by atoms with Crippen LogP contribution >= 0.6 is 11.3 Å². The minimum absolute atomic E-state index is 0.150. The quantitative estimate of drug-likeness (QED) is 0.817. The predicted molar refractivity (Wildman–Crippen MR) is 96.3 cm³/mol. The van der Waals surface area contributed by atoms with E-state index in [0.29, 0.717) is 22.6 Å². The van der Waals surface area contributed by atoms with Crippen LogP contribution in [0.1, 0.15) is 37.9 Å². The van der Waals surface area contributed by atoms with Crippen molar-refractivity contribution < 1.29 is 4.79 Å². The Balaban J connectivity index is 1.53. The lowest BCUT2D eigenvalue weighted by Gasteiger charge is -2.18. The number of thiophene rings is 1. The Kier molecular flexibility index (Phi) is 5.30. The van der Waals surface area contributed by atoms with Gasteiger partial charge in [-0.1, -0.05) is 11.6 Å². The van der Waals surface area contributed by atoms with Crippen LogP contribution in [0.5, 0.6) is 0 Å². The van der Waals surface area contributed by atoms with E-state index in [-0.39, 0.29) is 18.1 Å². The summed E-state index contributed by atoms with van der Waals surface area (Å²) < 4.78 is 0.617. The Morgan fingerprint density at radius 1 is 1.46 bits per heavy atom. The van der Waals surface area contributed by atoms with Gasteiger partial charge in [-0.25, -0.2) is 9.78 Å². The minimum Gasteiger partial charge on any atom is -0.338 e. The summed E-state index contributed by atoms with van der Waals surface area (Å²) in [6.07, 6.45) is 8.05. The largest absolute Gasteiger partial charge is 0.338 e. The van der Waals surface area contributed by atoms with Crippen molar-refractivity contribution in [1.29, 1.82) is 0 Å². The van der Waals surface area contributed by atoms with Gasteiger partial charge < -0.3 is 15.2 Å². The summed E-state index contributed by atoms with van der Waals surface area (Å²) in [5, 5.41) is 4.77. The number of aromatic nitrogens is 2. The molecule has 2 aromatic rings. The molecule has 2 heterocycles. The number of carbonyl (C=O) groups is 1. The van der Waals surface area contributed by atoms with Crippen LogP contribution in [-0.4, -0.2) is 34.5 Å². The molecule has 0 bridgehead atoms. The Labute approximate surface area is 144 Å². The maximum Gasteiger partial charge on any atom is 0.317 e.